The number of benzene rings is 2. The number of hydrogen-bond donors (Lipinski definition) is 1. The Morgan fingerprint density at radius 3 is 2.40 bits per heavy atom. The Labute approximate surface area is 146 Å². The van der Waals surface area contributed by atoms with Crippen molar-refractivity contribution in [3.05, 3.63) is 65.7 Å². The van der Waals surface area contributed by atoms with E-state index in [1.54, 1.807) is 12.1 Å². The summed E-state index contributed by atoms with van der Waals surface area (Å²) in [6, 6.07) is 15.6. The van der Waals surface area contributed by atoms with Crippen LogP contribution in [0.4, 0.5) is 0 Å². The van der Waals surface area contributed by atoms with E-state index in [1.807, 2.05) is 37.3 Å². The smallest absolute Gasteiger partial charge is 0.269 e. The second-order valence-electron chi connectivity index (χ2n) is 5.93. The average molecular weight is 358 g/mol. The van der Waals surface area contributed by atoms with Crippen molar-refractivity contribution < 1.29 is 18.0 Å². The minimum atomic E-state index is -3.96. The van der Waals surface area contributed by atoms with Gasteiger partial charge in [-0.3, -0.25) is 9.59 Å². The van der Waals surface area contributed by atoms with Crippen LogP contribution in [-0.2, 0) is 14.8 Å². The van der Waals surface area contributed by atoms with Crippen LogP contribution in [0.1, 0.15) is 28.8 Å². The van der Waals surface area contributed by atoms with Crippen molar-refractivity contribution in [2.45, 2.75) is 17.7 Å². The molecule has 0 spiro atoms. The molecule has 0 unspecified atom stereocenters. The number of rotatable bonds is 5. The van der Waals surface area contributed by atoms with Gasteiger partial charge in [-0.15, -0.1) is 0 Å². The van der Waals surface area contributed by atoms with Crippen LogP contribution in [0, 0.1) is 0 Å². The summed E-state index contributed by atoms with van der Waals surface area (Å²) in [5, 5.41) is 2.70. The molecule has 0 bridgehead atoms. The van der Waals surface area contributed by atoms with Crippen molar-refractivity contribution in [1.29, 1.82) is 0 Å². The Balaban J connectivity index is 1.65. The summed E-state index contributed by atoms with van der Waals surface area (Å²) in [7, 11) is -3.96. The minimum Gasteiger partial charge on any atom is -0.354 e. The van der Waals surface area contributed by atoms with Gasteiger partial charge in [0.05, 0.1) is 5.56 Å². The molecular weight excluding hydrogens is 340 g/mol. The molecule has 0 radical (unpaired) electrons. The quantitative estimate of drug-likeness (QED) is 0.883. The topological polar surface area (TPSA) is 83.6 Å². The fourth-order valence-corrected chi connectivity index (χ4v) is 4.27. The third kappa shape index (κ3) is 3.28. The first kappa shape index (κ1) is 17.2. The summed E-state index contributed by atoms with van der Waals surface area (Å²) in [5.74, 6) is -1.09. The number of nitrogens with one attached hydrogen (secondary N) is 1. The zero-order valence-corrected chi connectivity index (χ0v) is 14.5. The minimum absolute atomic E-state index is 0.0505. The Morgan fingerprint density at radius 1 is 1.08 bits per heavy atom. The summed E-state index contributed by atoms with van der Waals surface area (Å²) >= 11 is 0. The molecule has 7 heteroatoms. The largest absolute Gasteiger partial charge is 0.354 e. The van der Waals surface area contributed by atoms with Gasteiger partial charge in [0, 0.05) is 6.54 Å². The normalized spacial score (nSPS) is 16.4. The third-order valence-electron chi connectivity index (χ3n) is 4.17. The predicted molar refractivity (Wildman–Crippen MR) is 92.5 cm³/mol. The van der Waals surface area contributed by atoms with Gasteiger partial charge in [-0.05, 0) is 23.6 Å². The standard InChI is InChI=1S/C18H18N2O4S/c1-13(14-7-3-2-4-8-14)11-19-17(21)12-20-18(22)15-9-5-6-10-16(15)25(20,23)24/h2-10,13H,11-12H2,1H3,(H,19,21)/t13-/m0/s1. The number of nitrogens with zero attached hydrogens (tertiary/aromatic N) is 1. The summed E-state index contributed by atoms with van der Waals surface area (Å²) < 4.78 is 25.5. The van der Waals surface area contributed by atoms with Crippen molar-refractivity contribution in [3.63, 3.8) is 0 Å². The molecular formula is C18H18N2O4S. The van der Waals surface area contributed by atoms with E-state index in [0.29, 0.717) is 10.8 Å². The molecule has 130 valence electrons. The van der Waals surface area contributed by atoms with Crippen molar-refractivity contribution in [1.82, 2.24) is 9.62 Å². The molecule has 3 rings (SSSR count). The zero-order valence-electron chi connectivity index (χ0n) is 13.7. The fourth-order valence-electron chi connectivity index (χ4n) is 2.74. The summed E-state index contributed by atoms with van der Waals surface area (Å²) in [4.78, 5) is 24.4. The maximum Gasteiger partial charge on any atom is 0.269 e. The maximum absolute atomic E-state index is 12.4. The van der Waals surface area contributed by atoms with Crippen molar-refractivity contribution >= 4 is 21.8 Å². The van der Waals surface area contributed by atoms with Crippen LogP contribution >= 0.6 is 0 Å². The van der Waals surface area contributed by atoms with Crippen LogP contribution in [0.5, 0.6) is 0 Å². The number of carbonyl (C=O) groups excluding carboxylic acids is 2. The molecule has 2 aromatic carbocycles. The van der Waals surface area contributed by atoms with Gasteiger partial charge < -0.3 is 5.32 Å². The molecule has 0 aromatic heterocycles. The second-order valence-corrected chi connectivity index (χ2v) is 7.76. The first-order chi connectivity index (χ1) is 11.9. The van der Waals surface area contributed by atoms with E-state index in [0.717, 1.165) is 5.56 Å². The van der Waals surface area contributed by atoms with E-state index >= 15 is 0 Å². The lowest BCUT2D eigenvalue weighted by Crippen LogP contribution is -2.41. The number of sulfonamides is 1. The van der Waals surface area contributed by atoms with E-state index < -0.39 is 28.4 Å². The molecule has 1 heterocycles. The number of carbonyl (C=O) groups is 2. The fraction of sp³-hybridized carbons (Fsp3) is 0.222. The highest BCUT2D eigenvalue weighted by Gasteiger charge is 2.41. The van der Waals surface area contributed by atoms with Gasteiger partial charge in [0.2, 0.25) is 5.91 Å². The lowest BCUT2D eigenvalue weighted by Gasteiger charge is -2.17. The molecule has 25 heavy (non-hydrogen) atoms. The summed E-state index contributed by atoms with van der Waals surface area (Å²) in [5.41, 5.74) is 1.17. The average Bonchev–Trinajstić information content (AvgIpc) is 2.82. The molecule has 1 aliphatic rings. The maximum atomic E-state index is 12.4. The monoisotopic (exact) mass is 358 g/mol. The first-order valence-electron chi connectivity index (χ1n) is 7.89. The van der Waals surface area contributed by atoms with Crippen LogP contribution in [0.15, 0.2) is 59.5 Å². The van der Waals surface area contributed by atoms with Gasteiger partial charge in [-0.25, -0.2) is 12.7 Å². The number of hydrogen-bond acceptors (Lipinski definition) is 4. The summed E-state index contributed by atoms with van der Waals surface area (Å²) in [6.45, 7) is 1.80. The van der Waals surface area contributed by atoms with Crippen LogP contribution in [0.2, 0.25) is 0 Å². The van der Waals surface area contributed by atoms with E-state index in [9.17, 15) is 18.0 Å². The molecule has 1 atom stereocenters. The number of amides is 2. The highest BCUT2D eigenvalue weighted by molar-refractivity contribution is 7.90. The van der Waals surface area contributed by atoms with Gasteiger partial charge in [0.25, 0.3) is 15.9 Å². The molecule has 6 nitrogen and oxygen atoms in total. The van der Waals surface area contributed by atoms with Gasteiger partial charge in [0.1, 0.15) is 11.4 Å². The van der Waals surface area contributed by atoms with Crippen LogP contribution in [-0.4, -0.2) is 37.6 Å². The van der Waals surface area contributed by atoms with E-state index in [-0.39, 0.29) is 16.4 Å². The molecule has 0 saturated carbocycles. The van der Waals surface area contributed by atoms with Crippen LogP contribution < -0.4 is 5.32 Å². The Hall–Kier alpha value is -2.67. The predicted octanol–water partition coefficient (Wildman–Crippen LogP) is 1.75. The van der Waals surface area contributed by atoms with Crippen molar-refractivity contribution in [2.75, 3.05) is 13.1 Å². The lowest BCUT2D eigenvalue weighted by molar-refractivity contribution is -0.121. The van der Waals surface area contributed by atoms with Gasteiger partial charge >= 0.3 is 0 Å². The molecule has 0 aliphatic carbocycles. The summed E-state index contributed by atoms with van der Waals surface area (Å²) in [6.07, 6.45) is 0. The first-order valence-corrected chi connectivity index (χ1v) is 9.33. The zero-order chi connectivity index (χ0) is 18.0. The van der Waals surface area contributed by atoms with Crippen LogP contribution in [0.25, 0.3) is 0 Å². The Bertz CT molecular complexity index is 910. The highest BCUT2D eigenvalue weighted by Crippen LogP contribution is 2.29. The molecule has 2 aromatic rings. The number of fused-ring (bicyclic) bond motifs is 1. The second kappa shape index (κ2) is 6.68. The van der Waals surface area contributed by atoms with Gasteiger partial charge in [0.15, 0.2) is 0 Å². The molecule has 1 aliphatic heterocycles. The third-order valence-corrected chi connectivity index (χ3v) is 5.96. The molecule has 2 amide bonds. The van der Waals surface area contributed by atoms with Crippen molar-refractivity contribution in [2.24, 2.45) is 0 Å². The van der Waals surface area contributed by atoms with E-state index in [1.165, 1.54) is 12.1 Å². The lowest BCUT2D eigenvalue weighted by atomic mass is 10.0. The van der Waals surface area contributed by atoms with Gasteiger partial charge in [-0.2, -0.15) is 0 Å². The van der Waals surface area contributed by atoms with Gasteiger partial charge in [-0.1, -0.05) is 49.4 Å². The SMILES string of the molecule is C[C@@H](CNC(=O)CN1C(=O)c2ccccc2S1(=O)=O)c1ccccc1. The Kier molecular flexibility index (Phi) is 4.59. The van der Waals surface area contributed by atoms with E-state index in [2.05, 4.69) is 5.32 Å². The molecule has 1 N–H and O–H groups in total. The molecule has 0 fully saturated rings. The molecule has 0 saturated heterocycles. The van der Waals surface area contributed by atoms with E-state index in [4.69, 9.17) is 0 Å². The highest BCUT2D eigenvalue weighted by atomic mass is 32.2. The van der Waals surface area contributed by atoms with Crippen LogP contribution in [0.3, 0.4) is 0 Å². The van der Waals surface area contributed by atoms with Crippen molar-refractivity contribution in [3.8, 4) is 0 Å². The Morgan fingerprint density at radius 2 is 1.72 bits per heavy atom.